The van der Waals surface area contributed by atoms with Crippen LogP contribution >= 0.6 is 23.4 Å². The van der Waals surface area contributed by atoms with Crippen LogP contribution in [-0.2, 0) is 4.79 Å². The van der Waals surface area contributed by atoms with Crippen molar-refractivity contribution in [2.24, 2.45) is 5.41 Å². The zero-order valence-electron chi connectivity index (χ0n) is 11.6. The smallest absolute Gasteiger partial charge is 0.224 e. The van der Waals surface area contributed by atoms with Crippen LogP contribution in [0.25, 0.3) is 0 Å². The third kappa shape index (κ3) is 3.90. The summed E-state index contributed by atoms with van der Waals surface area (Å²) in [7, 11) is 0. The molecule has 1 aromatic carbocycles. The highest BCUT2D eigenvalue weighted by molar-refractivity contribution is 7.99. The van der Waals surface area contributed by atoms with Gasteiger partial charge in [-0.25, -0.2) is 0 Å². The summed E-state index contributed by atoms with van der Waals surface area (Å²) in [6.45, 7) is 7.13. The Morgan fingerprint density at radius 2 is 2.21 bits per heavy atom. The van der Waals surface area contributed by atoms with E-state index in [0.29, 0.717) is 6.42 Å². The molecule has 1 fully saturated rings. The van der Waals surface area contributed by atoms with Crippen LogP contribution in [0.5, 0.6) is 0 Å². The van der Waals surface area contributed by atoms with E-state index in [2.05, 4.69) is 20.8 Å². The number of carbonyl (C=O) groups excluding carboxylic acids is 1. The molecule has 1 amide bonds. The van der Waals surface area contributed by atoms with Crippen molar-refractivity contribution in [1.82, 2.24) is 4.90 Å². The first-order chi connectivity index (χ1) is 8.87. The number of thioether (sulfide) groups is 1. The van der Waals surface area contributed by atoms with Gasteiger partial charge in [-0.15, -0.1) is 11.8 Å². The average molecular weight is 298 g/mol. The summed E-state index contributed by atoms with van der Waals surface area (Å²) >= 11 is 7.86. The highest BCUT2D eigenvalue weighted by Gasteiger charge is 2.32. The predicted molar refractivity (Wildman–Crippen MR) is 82.4 cm³/mol. The van der Waals surface area contributed by atoms with Crippen LogP contribution in [0.2, 0.25) is 5.02 Å². The summed E-state index contributed by atoms with van der Waals surface area (Å²) in [5.41, 5.74) is 1.15. The third-order valence-corrected chi connectivity index (χ3v) is 4.52. The molecule has 1 unspecified atom stereocenters. The van der Waals surface area contributed by atoms with E-state index in [0.717, 1.165) is 22.9 Å². The monoisotopic (exact) mass is 297 g/mol. The summed E-state index contributed by atoms with van der Waals surface area (Å²) in [4.78, 5) is 14.4. The summed E-state index contributed by atoms with van der Waals surface area (Å²) in [5, 5.41) is 0.849. The molecule has 0 saturated carbocycles. The van der Waals surface area contributed by atoms with Gasteiger partial charge in [0.05, 0.1) is 0 Å². The van der Waals surface area contributed by atoms with E-state index in [-0.39, 0.29) is 16.7 Å². The minimum atomic E-state index is 0.0310. The lowest BCUT2D eigenvalue weighted by Gasteiger charge is -2.27. The number of rotatable bonds is 2. The molecule has 1 aromatic rings. The standard InChI is InChI=1S/C15H20ClNOS/c1-15(2,3)10-13(18)17-7-8-19-14(17)11-5-4-6-12(16)9-11/h4-6,9,14H,7-8,10H2,1-3H3. The fourth-order valence-corrected chi connectivity index (χ4v) is 3.68. The Morgan fingerprint density at radius 1 is 1.47 bits per heavy atom. The van der Waals surface area contributed by atoms with Gasteiger partial charge in [0.15, 0.2) is 0 Å². The largest absolute Gasteiger partial charge is 0.326 e. The predicted octanol–water partition coefficient (Wildman–Crippen LogP) is 4.35. The molecule has 1 aliphatic heterocycles. The van der Waals surface area contributed by atoms with E-state index in [1.807, 2.05) is 40.9 Å². The van der Waals surface area contributed by atoms with Crippen LogP contribution in [0.3, 0.4) is 0 Å². The molecular formula is C15H20ClNOS. The molecule has 1 saturated heterocycles. The molecule has 0 spiro atoms. The van der Waals surface area contributed by atoms with Crippen LogP contribution in [0.1, 0.15) is 38.1 Å². The Hall–Kier alpha value is -0.670. The maximum absolute atomic E-state index is 12.4. The van der Waals surface area contributed by atoms with E-state index in [9.17, 15) is 4.79 Å². The Labute approximate surface area is 124 Å². The summed E-state index contributed by atoms with van der Waals surface area (Å²) < 4.78 is 0. The maximum atomic E-state index is 12.4. The first-order valence-corrected chi connectivity index (χ1v) is 7.96. The zero-order valence-corrected chi connectivity index (χ0v) is 13.2. The van der Waals surface area contributed by atoms with Crippen molar-refractivity contribution >= 4 is 29.3 Å². The molecule has 2 nitrogen and oxygen atoms in total. The second-order valence-corrected chi connectivity index (χ2v) is 7.73. The summed E-state index contributed by atoms with van der Waals surface area (Å²) in [6, 6.07) is 7.82. The highest BCUT2D eigenvalue weighted by atomic mass is 35.5. The van der Waals surface area contributed by atoms with Crippen molar-refractivity contribution in [2.75, 3.05) is 12.3 Å². The van der Waals surface area contributed by atoms with E-state index < -0.39 is 0 Å². The molecule has 0 N–H and O–H groups in total. The van der Waals surface area contributed by atoms with Crippen molar-refractivity contribution in [3.05, 3.63) is 34.9 Å². The van der Waals surface area contributed by atoms with Crippen LogP contribution < -0.4 is 0 Å². The van der Waals surface area contributed by atoms with Crippen LogP contribution in [0.4, 0.5) is 0 Å². The van der Waals surface area contributed by atoms with Gasteiger partial charge in [-0.3, -0.25) is 4.79 Å². The van der Waals surface area contributed by atoms with Crippen molar-refractivity contribution in [3.63, 3.8) is 0 Å². The van der Waals surface area contributed by atoms with Gasteiger partial charge in [0.1, 0.15) is 5.37 Å². The van der Waals surface area contributed by atoms with E-state index >= 15 is 0 Å². The zero-order chi connectivity index (χ0) is 14.0. The molecule has 19 heavy (non-hydrogen) atoms. The maximum Gasteiger partial charge on any atom is 0.224 e. The fraction of sp³-hybridized carbons (Fsp3) is 0.533. The lowest BCUT2D eigenvalue weighted by Crippen LogP contribution is -2.33. The van der Waals surface area contributed by atoms with Crippen molar-refractivity contribution in [2.45, 2.75) is 32.6 Å². The minimum Gasteiger partial charge on any atom is -0.326 e. The number of amides is 1. The first kappa shape index (κ1) is 14.7. The third-order valence-electron chi connectivity index (χ3n) is 3.03. The molecule has 1 aliphatic rings. The van der Waals surface area contributed by atoms with Gasteiger partial charge in [0.25, 0.3) is 0 Å². The molecule has 0 bridgehead atoms. The number of carbonyl (C=O) groups is 1. The SMILES string of the molecule is CC(C)(C)CC(=O)N1CCSC1c1cccc(Cl)c1. The van der Waals surface area contributed by atoms with Gasteiger partial charge in [-0.05, 0) is 23.1 Å². The summed E-state index contributed by atoms with van der Waals surface area (Å²) in [5.74, 6) is 1.23. The number of halogens is 1. The lowest BCUT2D eigenvalue weighted by atomic mass is 9.91. The number of benzene rings is 1. The van der Waals surface area contributed by atoms with Gasteiger partial charge >= 0.3 is 0 Å². The second kappa shape index (κ2) is 5.76. The lowest BCUT2D eigenvalue weighted by molar-refractivity contribution is -0.133. The Kier molecular flexibility index (Phi) is 4.46. The Morgan fingerprint density at radius 3 is 2.84 bits per heavy atom. The van der Waals surface area contributed by atoms with E-state index in [1.165, 1.54) is 0 Å². The Balaban J connectivity index is 2.15. The fourth-order valence-electron chi connectivity index (χ4n) is 2.22. The molecule has 0 radical (unpaired) electrons. The highest BCUT2D eigenvalue weighted by Crippen LogP contribution is 2.39. The number of hydrogen-bond acceptors (Lipinski definition) is 2. The quantitative estimate of drug-likeness (QED) is 0.809. The normalized spacial score (nSPS) is 19.8. The van der Waals surface area contributed by atoms with Gasteiger partial charge in [0, 0.05) is 23.7 Å². The second-order valence-electron chi connectivity index (χ2n) is 6.10. The van der Waals surface area contributed by atoms with Crippen LogP contribution in [-0.4, -0.2) is 23.1 Å². The van der Waals surface area contributed by atoms with Crippen LogP contribution in [0, 0.1) is 5.41 Å². The molecular weight excluding hydrogens is 278 g/mol. The summed E-state index contributed by atoms with van der Waals surface area (Å²) in [6.07, 6.45) is 0.588. The van der Waals surface area contributed by atoms with Gasteiger partial charge in [0.2, 0.25) is 5.91 Å². The molecule has 104 valence electrons. The van der Waals surface area contributed by atoms with Gasteiger partial charge in [-0.2, -0.15) is 0 Å². The van der Waals surface area contributed by atoms with Gasteiger partial charge < -0.3 is 4.90 Å². The van der Waals surface area contributed by atoms with Crippen LogP contribution in [0.15, 0.2) is 24.3 Å². The number of hydrogen-bond donors (Lipinski definition) is 0. The Bertz CT molecular complexity index is 469. The molecule has 1 heterocycles. The van der Waals surface area contributed by atoms with E-state index in [1.54, 1.807) is 0 Å². The molecule has 0 aliphatic carbocycles. The molecule has 1 atom stereocenters. The molecule has 4 heteroatoms. The van der Waals surface area contributed by atoms with Crippen molar-refractivity contribution < 1.29 is 4.79 Å². The minimum absolute atomic E-state index is 0.0310. The van der Waals surface area contributed by atoms with E-state index in [4.69, 9.17) is 11.6 Å². The molecule has 0 aromatic heterocycles. The number of nitrogens with zero attached hydrogens (tertiary/aromatic N) is 1. The molecule has 2 rings (SSSR count). The van der Waals surface area contributed by atoms with Crippen molar-refractivity contribution in [1.29, 1.82) is 0 Å². The van der Waals surface area contributed by atoms with Crippen molar-refractivity contribution in [3.8, 4) is 0 Å². The average Bonchev–Trinajstić information content (AvgIpc) is 2.75. The van der Waals surface area contributed by atoms with Gasteiger partial charge in [-0.1, -0.05) is 44.5 Å². The first-order valence-electron chi connectivity index (χ1n) is 6.53. The topological polar surface area (TPSA) is 20.3 Å².